The lowest BCUT2D eigenvalue weighted by Gasteiger charge is -2.27. The van der Waals surface area contributed by atoms with Crippen LogP contribution in [0.3, 0.4) is 0 Å². The molecular weight excluding hydrogens is 408 g/mol. The van der Waals surface area contributed by atoms with Crippen molar-refractivity contribution in [2.45, 2.75) is 58.5 Å². The molecule has 0 aliphatic rings. The van der Waals surface area contributed by atoms with Crippen molar-refractivity contribution in [3.8, 4) is 5.75 Å². The van der Waals surface area contributed by atoms with Gasteiger partial charge in [-0.15, -0.1) is 0 Å². The molecule has 0 saturated heterocycles. The number of hydrogen-bond donors (Lipinski definition) is 1. The van der Waals surface area contributed by atoms with E-state index >= 15 is 0 Å². The monoisotopic (exact) mass is 435 g/mol. The van der Waals surface area contributed by atoms with Gasteiger partial charge in [-0.1, -0.05) is 12.1 Å². The maximum absolute atomic E-state index is 13.4. The fourth-order valence-corrected chi connectivity index (χ4v) is 2.64. The lowest BCUT2D eigenvalue weighted by atomic mass is 10.0. The molecule has 2 aromatic carbocycles. The van der Waals surface area contributed by atoms with E-state index in [-0.39, 0.29) is 0 Å². The van der Waals surface area contributed by atoms with Crippen molar-refractivity contribution in [1.82, 2.24) is 5.32 Å². The quantitative estimate of drug-likeness (QED) is 0.625. The van der Waals surface area contributed by atoms with E-state index in [1.807, 2.05) is 0 Å². The van der Waals surface area contributed by atoms with Crippen LogP contribution in [0.4, 0.5) is 13.6 Å². The molecule has 0 radical (unpaired) electrons. The summed E-state index contributed by atoms with van der Waals surface area (Å²) in [5, 5.41) is 2.42. The van der Waals surface area contributed by atoms with E-state index in [2.05, 4.69) is 5.32 Å². The Bertz CT molecular complexity index is 878. The standard InChI is InChI=1S/C23H27F2NO5/c1-14(26-22(28)31-23(3,4)5)21(27)29-15(2)20(16-6-8-17(24)9-7-16)30-19-12-10-18(25)11-13-19/h6-15,20H,1-5H3,(H,26,28)/t14-,15-,20?/m0/s1. The van der Waals surface area contributed by atoms with Crippen molar-refractivity contribution in [3.05, 3.63) is 65.7 Å². The first-order valence-corrected chi connectivity index (χ1v) is 9.82. The third-order valence-electron chi connectivity index (χ3n) is 4.09. The highest BCUT2D eigenvalue weighted by atomic mass is 19.1. The molecule has 0 aromatic heterocycles. The summed E-state index contributed by atoms with van der Waals surface area (Å²) < 4.78 is 43.1. The Morgan fingerprint density at radius 3 is 1.94 bits per heavy atom. The third kappa shape index (κ3) is 7.88. The van der Waals surface area contributed by atoms with Crippen LogP contribution in [-0.4, -0.2) is 29.8 Å². The van der Waals surface area contributed by atoms with Crippen molar-refractivity contribution in [3.63, 3.8) is 0 Å². The van der Waals surface area contributed by atoms with Crippen LogP contribution < -0.4 is 10.1 Å². The van der Waals surface area contributed by atoms with E-state index < -0.39 is 47.5 Å². The zero-order valence-corrected chi connectivity index (χ0v) is 18.1. The Labute approximate surface area is 180 Å². The zero-order chi connectivity index (χ0) is 23.2. The van der Waals surface area contributed by atoms with Crippen molar-refractivity contribution in [1.29, 1.82) is 0 Å². The molecule has 6 nitrogen and oxygen atoms in total. The maximum atomic E-state index is 13.4. The van der Waals surface area contributed by atoms with Crippen LogP contribution >= 0.6 is 0 Å². The molecule has 0 fully saturated rings. The average molecular weight is 435 g/mol. The summed E-state index contributed by atoms with van der Waals surface area (Å²) in [7, 11) is 0. The Kier molecular flexibility index (Phi) is 7.96. The van der Waals surface area contributed by atoms with Crippen LogP contribution in [-0.2, 0) is 14.3 Å². The van der Waals surface area contributed by atoms with Crippen LogP contribution in [0.15, 0.2) is 48.5 Å². The highest BCUT2D eigenvalue weighted by Gasteiger charge is 2.28. The molecule has 0 bridgehead atoms. The molecule has 8 heteroatoms. The van der Waals surface area contributed by atoms with E-state index in [0.29, 0.717) is 11.3 Å². The SMILES string of the molecule is C[C@H](NC(=O)OC(C)(C)C)C(=O)O[C@@H](C)C(Oc1ccc(F)cc1)c1ccc(F)cc1. The molecule has 0 saturated carbocycles. The zero-order valence-electron chi connectivity index (χ0n) is 18.1. The van der Waals surface area contributed by atoms with Gasteiger partial charge < -0.3 is 19.5 Å². The molecule has 0 aliphatic carbocycles. The van der Waals surface area contributed by atoms with Gasteiger partial charge >= 0.3 is 12.1 Å². The molecule has 31 heavy (non-hydrogen) atoms. The number of carbonyl (C=O) groups is 2. The molecule has 168 valence electrons. The Hall–Kier alpha value is -3.16. The number of esters is 1. The maximum Gasteiger partial charge on any atom is 0.408 e. The minimum Gasteiger partial charge on any atom is -0.482 e. The molecule has 0 spiro atoms. The average Bonchev–Trinajstić information content (AvgIpc) is 2.66. The second-order valence-electron chi connectivity index (χ2n) is 8.05. The van der Waals surface area contributed by atoms with Gasteiger partial charge in [0.05, 0.1) is 0 Å². The fraction of sp³-hybridized carbons (Fsp3) is 0.391. The Morgan fingerprint density at radius 1 is 0.903 bits per heavy atom. The summed E-state index contributed by atoms with van der Waals surface area (Å²) in [5.41, 5.74) is -0.156. The molecule has 2 rings (SSSR count). The number of rotatable bonds is 7. The predicted octanol–water partition coefficient (Wildman–Crippen LogP) is 4.93. The molecule has 3 atom stereocenters. The van der Waals surface area contributed by atoms with Crippen LogP contribution in [0.1, 0.15) is 46.3 Å². The lowest BCUT2D eigenvalue weighted by molar-refractivity contribution is -0.155. The van der Waals surface area contributed by atoms with Gasteiger partial charge in [0.1, 0.15) is 35.1 Å². The van der Waals surface area contributed by atoms with Gasteiger partial charge in [0.25, 0.3) is 0 Å². The van der Waals surface area contributed by atoms with Crippen LogP contribution in [0.5, 0.6) is 5.75 Å². The molecular formula is C23H27F2NO5. The third-order valence-corrected chi connectivity index (χ3v) is 4.09. The van der Waals surface area contributed by atoms with E-state index in [9.17, 15) is 18.4 Å². The van der Waals surface area contributed by atoms with E-state index in [0.717, 1.165) is 0 Å². The van der Waals surface area contributed by atoms with Gasteiger partial charge in [-0.2, -0.15) is 0 Å². The van der Waals surface area contributed by atoms with Gasteiger partial charge in [-0.3, -0.25) is 0 Å². The molecule has 1 N–H and O–H groups in total. The van der Waals surface area contributed by atoms with Crippen LogP contribution in [0, 0.1) is 11.6 Å². The van der Waals surface area contributed by atoms with Crippen molar-refractivity contribution in [2.75, 3.05) is 0 Å². The predicted molar refractivity (Wildman–Crippen MR) is 111 cm³/mol. The number of halogens is 2. The summed E-state index contributed by atoms with van der Waals surface area (Å²) in [4.78, 5) is 24.4. The number of carbonyl (C=O) groups excluding carboxylic acids is 2. The van der Waals surface area contributed by atoms with Gasteiger partial charge in [0.15, 0.2) is 6.10 Å². The highest BCUT2D eigenvalue weighted by molar-refractivity contribution is 5.81. The molecule has 0 aliphatic heterocycles. The number of ether oxygens (including phenoxy) is 3. The topological polar surface area (TPSA) is 73.9 Å². The van der Waals surface area contributed by atoms with Gasteiger partial charge in [-0.05, 0) is 76.6 Å². The van der Waals surface area contributed by atoms with Gasteiger partial charge in [-0.25, -0.2) is 18.4 Å². The molecule has 0 heterocycles. The minimum absolute atomic E-state index is 0.346. The number of hydrogen-bond acceptors (Lipinski definition) is 5. The summed E-state index contributed by atoms with van der Waals surface area (Å²) >= 11 is 0. The second-order valence-corrected chi connectivity index (χ2v) is 8.05. The lowest BCUT2D eigenvalue weighted by Crippen LogP contribution is -2.43. The minimum atomic E-state index is -0.975. The largest absolute Gasteiger partial charge is 0.482 e. The molecule has 1 unspecified atom stereocenters. The first kappa shape index (κ1) is 24.1. The van der Waals surface area contributed by atoms with Gasteiger partial charge in [0, 0.05) is 0 Å². The van der Waals surface area contributed by atoms with E-state index in [1.165, 1.54) is 55.5 Å². The number of alkyl carbamates (subject to hydrolysis) is 1. The Balaban J connectivity index is 2.11. The number of benzene rings is 2. The Morgan fingerprint density at radius 2 is 1.42 bits per heavy atom. The first-order valence-electron chi connectivity index (χ1n) is 9.82. The van der Waals surface area contributed by atoms with Crippen LogP contribution in [0.25, 0.3) is 0 Å². The molecule has 1 amide bonds. The summed E-state index contributed by atoms with van der Waals surface area (Å²) in [5.74, 6) is -1.21. The second kappa shape index (κ2) is 10.2. The van der Waals surface area contributed by atoms with E-state index in [1.54, 1.807) is 27.7 Å². The normalized spacial score (nSPS) is 14.2. The highest BCUT2D eigenvalue weighted by Crippen LogP contribution is 2.27. The fourth-order valence-electron chi connectivity index (χ4n) is 2.64. The number of amides is 1. The van der Waals surface area contributed by atoms with Crippen molar-refractivity contribution >= 4 is 12.1 Å². The van der Waals surface area contributed by atoms with Crippen molar-refractivity contribution in [2.24, 2.45) is 0 Å². The smallest absolute Gasteiger partial charge is 0.408 e. The summed E-state index contributed by atoms with van der Waals surface area (Å²) in [6, 6.07) is 9.92. The van der Waals surface area contributed by atoms with E-state index in [4.69, 9.17) is 14.2 Å². The summed E-state index contributed by atoms with van der Waals surface area (Å²) in [6.45, 7) is 8.19. The summed E-state index contributed by atoms with van der Waals surface area (Å²) in [6.07, 6.45) is -2.36. The number of nitrogens with one attached hydrogen (secondary N) is 1. The molecule has 2 aromatic rings. The van der Waals surface area contributed by atoms with Crippen molar-refractivity contribution < 1.29 is 32.6 Å². The first-order chi connectivity index (χ1) is 14.4. The van der Waals surface area contributed by atoms with Gasteiger partial charge in [0.2, 0.25) is 0 Å². The van der Waals surface area contributed by atoms with Crippen LogP contribution in [0.2, 0.25) is 0 Å².